The van der Waals surface area contributed by atoms with Gasteiger partial charge in [0.15, 0.2) is 5.03 Å². The number of aliphatic hydroxyl groups excluding tert-OH is 1. The van der Waals surface area contributed by atoms with Crippen LogP contribution in [-0.4, -0.2) is 34.7 Å². The van der Waals surface area contributed by atoms with Crippen LogP contribution >= 0.6 is 23.2 Å². The highest BCUT2D eigenvalue weighted by molar-refractivity contribution is 7.87. The van der Waals surface area contributed by atoms with Gasteiger partial charge in [0.1, 0.15) is 11.6 Å². The van der Waals surface area contributed by atoms with Crippen molar-refractivity contribution in [2.24, 2.45) is 0 Å². The van der Waals surface area contributed by atoms with Crippen LogP contribution in [-0.2, 0) is 29.5 Å². The van der Waals surface area contributed by atoms with E-state index in [2.05, 4.69) is 9.97 Å². The summed E-state index contributed by atoms with van der Waals surface area (Å²) in [6.45, 7) is 3.89. The van der Waals surface area contributed by atoms with Crippen LogP contribution in [0.2, 0.25) is 10.0 Å². The van der Waals surface area contributed by atoms with Crippen LogP contribution in [0, 0.1) is 0 Å². The summed E-state index contributed by atoms with van der Waals surface area (Å²) < 4.78 is 33.7. The van der Waals surface area contributed by atoms with Gasteiger partial charge in [-0.25, -0.2) is 4.98 Å². The van der Waals surface area contributed by atoms with Crippen LogP contribution in [0.4, 0.5) is 0 Å². The molecule has 1 N–H and O–H groups in total. The highest BCUT2D eigenvalue weighted by Crippen LogP contribution is 2.31. The Morgan fingerprint density at radius 2 is 1.74 bits per heavy atom. The Balaban J connectivity index is 2.06. The minimum atomic E-state index is -4.27. The largest absolute Gasteiger partial charge is 0.396 e. The van der Waals surface area contributed by atoms with Gasteiger partial charge in [0.2, 0.25) is 0 Å². The van der Waals surface area contributed by atoms with Crippen LogP contribution in [0.1, 0.15) is 36.8 Å². The number of pyridine rings is 1. The maximum Gasteiger partial charge on any atom is 0.357 e. The summed E-state index contributed by atoms with van der Waals surface area (Å²) in [6, 6.07) is 7.98. The zero-order chi connectivity index (χ0) is 22.6. The van der Waals surface area contributed by atoms with E-state index in [0.29, 0.717) is 24.5 Å². The van der Waals surface area contributed by atoms with Crippen molar-refractivity contribution in [1.82, 2.24) is 14.5 Å². The number of aryl methyl sites for hydroxylation is 1. The molecule has 166 valence electrons. The lowest BCUT2D eigenvalue weighted by atomic mass is 10.1. The van der Waals surface area contributed by atoms with E-state index >= 15 is 0 Å². The van der Waals surface area contributed by atoms with Gasteiger partial charge in [-0.05, 0) is 36.1 Å². The molecule has 0 spiro atoms. The van der Waals surface area contributed by atoms with E-state index in [1.54, 1.807) is 17.0 Å². The van der Waals surface area contributed by atoms with E-state index in [1.807, 2.05) is 26.0 Å². The normalized spacial score (nSPS) is 11.8. The molecule has 0 saturated carbocycles. The zero-order valence-electron chi connectivity index (χ0n) is 17.1. The van der Waals surface area contributed by atoms with Crippen LogP contribution in [0.3, 0.4) is 0 Å². The summed E-state index contributed by atoms with van der Waals surface area (Å²) in [7, 11) is -4.27. The Labute approximate surface area is 191 Å². The molecule has 7 nitrogen and oxygen atoms in total. The lowest BCUT2D eigenvalue weighted by Crippen LogP contribution is -2.19. The van der Waals surface area contributed by atoms with Gasteiger partial charge in [0.05, 0.1) is 12.3 Å². The molecule has 10 heteroatoms. The predicted molar refractivity (Wildman–Crippen MR) is 119 cm³/mol. The number of rotatable bonds is 9. The van der Waals surface area contributed by atoms with Gasteiger partial charge in [0, 0.05) is 47.5 Å². The highest BCUT2D eigenvalue weighted by Gasteiger charge is 2.31. The maximum absolute atomic E-state index is 13.4. The molecule has 0 fully saturated rings. The van der Waals surface area contributed by atoms with Crippen LogP contribution in [0.15, 0.2) is 47.8 Å². The third kappa shape index (κ3) is 5.77. The Morgan fingerprint density at radius 3 is 2.32 bits per heavy atom. The summed E-state index contributed by atoms with van der Waals surface area (Å²) in [4.78, 5) is 8.54. The first-order valence-electron chi connectivity index (χ1n) is 9.71. The fourth-order valence-corrected chi connectivity index (χ4v) is 5.14. The maximum atomic E-state index is 13.4. The average molecular weight is 484 g/mol. The molecule has 0 aliphatic heterocycles. The molecule has 0 bridgehead atoms. The number of hydrogen-bond acceptors (Lipinski definition) is 6. The van der Waals surface area contributed by atoms with E-state index in [4.69, 9.17) is 27.4 Å². The number of aliphatic hydroxyl groups is 1. The van der Waals surface area contributed by atoms with Gasteiger partial charge < -0.3 is 13.9 Å². The van der Waals surface area contributed by atoms with Crippen molar-refractivity contribution in [2.75, 3.05) is 6.61 Å². The Bertz CT molecular complexity index is 1130. The monoisotopic (exact) mass is 483 g/mol. The molecule has 0 aliphatic rings. The zero-order valence-corrected chi connectivity index (χ0v) is 19.5. The molecule has 0 saturated heterocycles. The Morgan fingerprint density at radius 1 is 1.10 bits per heavy atom. The van der Waals surface area contributed by atoms with Gasteiger partial charge in [-0.3, -0.25) is 4.98 Å². The van der Waals surface area contributed by atoms with Crippen molar-refractivity contribution in [3.63, 3.8) is 0 Å². The lowest BCUT2D eigenvalue weighted by Gasteiger charge is -2.15. The molecule has 2 heterocycles. The standard InChI is InChI=1S/C21H23Cl2N3O4S/c1-14(2)20-21(31(28,29)30-18-12-16(22)11-17(23)13-18)26(19(25-20)6-10-27)9-5-15-3-7-24-8-4-15/h3-4,7-8,11-14,27H,5-6,9-10H2,1-2H3. The Hall–Kier alpha value is -2.13. The molecule has 3 rings (SSSR count). The summed E-state index contributed by atoms with van der Waals surface area (Å²) in [5, 5.41) is 9.98. The molecule has 3 aromatic rings. The fraction of sp³-hybridized carbons (Fsp3) is 0.333. The highest BCUT2D eigenvalue weighted by atomic mass is 35.5. The van der Waals surface area contributed by atoms with Crippen molar-refractivity contribution >= 4 is 33.3 Å². The van der Waals surface area contributed by atoms with Gasteiger partial charge in [-0.2, -0.15) is 8.42 Å². The molecule has 0 amide bonds. The number of imidazole rings is 1. The number of halogens is 2. The Kier molecular flexibility index (Phi) is 7.59. The van der Waals surface area contributed by atoms with Crippen LogP contribution in [0.5, 0.6) is 5.75 Å². The quantitative estimate of drug-likeness (QED) is 0.457. The second kappa shape index (κ2) is 9.99. The first kappa shape index (κ1) is 23.5. The molecule has 0 unspecified atom stereocenters. The SMILES string of the molecule is CC(C)c1nc(CCO)n(CCc2ccncc2)c1S(=O)(=O)Oc1cc(Cl)cc(Cl)c1. The minimum absolute atomic E-state index is 0.0119. The topological polar surface area (TPSA) is 94.3 Å². The van der Waals surface area contributed by atoms with Gasteiger partial charge in [-0.15, -0.1) is 0 Å². The van der Waals surface area contributed by atoms with Crippen molar-refractivity contribution < 1.29 is 17.7 Å². The molecule has 1 aromatic carbocycles. The predicted octanol–water partition coefficient (Wildman–Crippen LogP) is 4.25. The van der Waals surface area contributed by atoms with Crippen LogP contribution in [0.25, 0.3) is 0 Å². The third-order valence-electron chi connectivity index (χ3n) is 4.56. The fourth-order valence-electron chi connectivity index (χ4n) is 3.20. The van der Waals surface area contributed by atoms with Crippen molar-refractivity contribution in [3.05, 3.63) is 69.9 Å². The van der Waals surface area contributed by atoms with E-state index in [1.165, 1.54) is 18.2 Å². The smallest absolute Gasteiger partial charge is 0.357 e. The van der Waals surface area contributed by atoms with Crippen molar-refractivity contribution in [1.29, 1.82) is 0 Å². The van der Waals surface area contributed by atoms with E-state index < -0.39 is 10.1 Å². The number of hydrogen-bond donors (Lipinski definition) is 1. The molecule has 0 atom stereocenters. The summed E-state index contributed by atoms with van der Waals surface area (Å²) >= 11 is 12.0. The first-order valence-corrected chi connectivity index (χ1v) is 11.9. The second-order valence-electron chi connectivity index (χ2n) is 7.25. The van der Waals surface area contributed by atoms with Crippen molar-refractivity contribution in [3.8, 4) is 5.75 Å². The molecule has 0 radical (unpaired) electrons. The van der Waals surface area contributed by atoms with Crippen molar-refractivity contribution in [2.45, 2.75) is 44.2 Å². The second-order valence-corrected chi connectivity index (χ2v) is 9.58. The van der Waals surface area contributed by atoms with E-state index in [0.717, 1.165) is 5.56 Å². The minimum Gasteiger partial charge on any atom is -0.396 e. The summed E-state index contributed by atoms with van der Waals surface area (Å²) in [5.41, 5.74) is 1.38. The lowest BCUT2D eigenvalue weighted by molar-refractivity contribution is 0.293. The average Bonchev–Trinajstić information content (AvgIpc) is 3.06. The van der Waals surface area contributed by atoms with Gasteiger partial charge in [0.25, 0.3) is 0 Å². The third-order valence-corrected chi connectivity index (χ3v) is 6.31. The van der Waals surface area contributed by atoms with Gasteiger partial charge in [-0.1, -0.05) is 37.0 Å². The summed E-state index contributed by atoms with van der Waals surface area (Å²) in [5.74, 6) is 0.306. The van der Waals surface area contributed by atoms with E-state index in [9.17, 15) is 13.5 Å². The molecule has 31 heavy (non-hydrogen) atoms. The van der Waals surface area contributed by atoms with Crippen LogP contribution < -0.4 is 4.18 Å². The molecule has 2 aromatic heterocycles. The molecule has 0 aliphatic carbocycles. The van der Waals surface area contributed by atoms with Gasteiger partial charge >= 0.3 is 10.1 Å². The first-order chi connectivity index (χ1) is 14.7. The molecular weight excluding hydrogens is 461 g/mol. The number of nitrogens with zero attached hydrogens (tertiary/aromatic N) is 3. The van der Waals surface area contributed by atoms with E-state index in [-0.39, 0.29) is 39.8 Å². The number of benzene rings is 1. The summed E-state index contributed by atoms with van der Waals surface area (Å²) in [6.07, 6.45) is 4.14. The molecular formula is C21H23Cl2N3O4S. The number of aromatic nitrogens is 3.